The van der Waals surface area contributed by atoms with Gasteiger partial charge in [0, 0.05) is 13.7 Å². The Labute approximate surface area is 81.3 Å². The number of nitrogens with zero attached hydrogens (tertiary/aromatic N) is 1. The Kier molecular flexibility index (Phi) is 2.89. The fourth-order valence-corrected chi connectivity index (χ4v) is 2.57. The Bertz CT molecular complexity index is 159. The molecule has 13 heavy (non-hydrogen) atoms. The lowest BCUT2D eigenvalue weighted by molar-refractivity contribution is -0.0714. The van der Waals surface area contributed by atoms with Crippen molar-refractivity contribution in [1.29, 1.82) is 0 Å². The molecule has 1 aliphatic carbocycles. The molecular weight excluding hydrogens is 162 g/mol. The van der Waals surface area contributed by atoms with Gasteiger partial charge in [0.1, 0.15) is 0 Å². The fourth-order valence-electron chi connectivity index (χ4n) is 2.57. The molecular formula is C11H21NO. The Morgan fingerprint density at radius 1 is 1.08 bits per heavy atom. The number of ether oxygens (including phenoxy) is 1. The third-order valence-electron chi connectivity index (χ3n) is 3.66. The topological polar surface area (TPSA) is 12.5 Å². The van der Waals surface area contributed by atoms with Crippen molar-refractivity contribution in [1.82, 2.24) is 4.90 Å². The van der Waals surface area contributed by atoms with Crippen molar-refractivity contribution in [2.75, 3.05) is 26.7 Å². The van der Waals surface area contributed by atoms with Crippen LogP contribution in [-0.2, 0) is 4.74 Å². The van der Waals surface area contributed by atoms with Gasteiger partial charge in [-0.25, -0.2) is 0 Å². The van der Waals surface area contributed by atoms with Crippen LogP contribution in [-0.4, -0.2) is 37.2 Å². The number of hydrogen-bond donors (Lipinski definition) is 0. The molecule has 1 saturated carbocycles. The molecule has 0 bridgehead atoms. The highest BCUT2D eigenvalue weighted by Gasteiger charge is 2.34. The molecule has 1 heterocycles. The van der Waals surface area contributed by atoms with Crippen molar-refractivity contribution in [2.45, 2.75) is 44.1 Å². The van der Waals surface area contributed by atoms with Crippen LogP contribution in [0.2, 0.25) is 0 Å². The highest BCUT2D eigenvalue weighted by Crippen LogP contribution is 2.32. The number of hydrogen-bond acceptors (Lipinski definition) is 2. The van der Waals surface area contributed by atoms with Gasteiger partial charge in [-0.05, 0) is 32.4 Å². The summed E-state index contributed by atoms with van der Waals surface area (Å²) in [6.45, 7) is 3.78. The Hall–Kier alpha value is -0.0800. The van der Waals surface area contributed by atoms with Gasteiger partial charge in [-0.2, -0.15) is 0 Å². The zero-order valence-electron chi connectivity index (χ0n) is 8.72. The van der Waals surface area contributed by atoms with Crippen LogP contribution in [0.15, 0.2) is 0 Å². The lowest BCUT2D eigenvalue weighted by atomic mass is 9.83. The van der Waals surface area contributed by atoms with Gasteiger partial charge in [0.2, 0.25) is 0 Å². The average molecular weight is 183 g/mol. The van der Waals surface area contributed by atoms with Crippen LogP contribution in [0.5, 0.6) is 0 Å². The van der Waals surface area contributed by atoms with Gasteiger partial charge >= 0.3 is 0 Å². The lowest BCUT2D eigenvalue weighted by Crippen LogP contribution is -2.50. The molecule has 2 heteroatoms. The molecule has 0 N–H and O–H groups in total. The number of methoxy groups -OCH3 is 1. The van der Waals surface area contributed by atoms with Crippen molar-refractivity contribution in [2.24, 2.45) is 0 Å². The van der Waals surface area contributed by atoms with Gasteiger partial charge in [-0.1, -0.05) is 19.3 Å². The molecule has 0 amide bonds. The van der Waals surface area contributed by atoms with Crippen molar-refractivity contribution in [3.63, 3.8) is 0 Å². The lowest BCUT2D eigenvalue weighted by Gasteiger charge is -2.43. The molecule has 2 nitrogen and oxygen atoms in total. The minimum absolute atomic E-state index is 0.221. The SMILES string of the molecule is COC1(CN2CCC2)CCCCC1. The van der Waals surface area contributed by atoms with Crippen LogP contribution < -0.4 is 0 Å². The molecule has 0 aromatic rings. The van der Waals surface area contributed by atoms with E-state index in [-0.39, 0.29) is 5.60 Å². The highest BCUT2D eigenvalue weighted by atomic mass is 16.5. The average Bonchev–Trinajstić information content (AvgIpc) is 2.13. The van der Waals surface area contributed by atoms with Crippen molar-refractivity contribution in [3.05, 3.63) is 0 Å². The van der Waals surface area contributed by atoms with E-state index in [0.717, 1.165) is 0 Å². The van der Waals surface area contributed by atoms with Crippen LogP contribution in [0, 0.1) is 0 Å². The van der Waals surface area contributed by atoms with E-state index in [0.29, 0.717) is 0 Å². The first-order chi connectivity index (χ1) is 6.35. The predicted molar refractivity (Wildman–Crippen MR) is 53.9 cm³/mol. The molecule has 1 saturated heterocycles. The fraction of sp³-hybridized carbons (Fsp3) is 1.00. The molecule has 76 valence electrons. The van der Waals surface area contributed by atoms with Crippen LogP contribution >= 0.6 is 0 Å². The summed E-state index contributed by atoms with van der Waals surface area (Å²) in [6, 6.07) is 0. The van der Waals surface area contributed by atoms with Crippen molar-refractivity contribution >= 4 is 0 Å². The summed E-state index contributed by atoms with van der Waals surface area (Å²) in [5, 5.41) is 0. The third kappa shape index (κ3) is 2.05. The predicted octanol–water partition coefficient (Wildman–Crippen LogP) is 2.04. The second kappa shape index (κ2) is 3.97. The van der Waals surface area contributed by atoms with Gasteiger partial charge in [0.25, 0.3) is 0 Å². The minimum atomic E-state index is 0.221. The molecule has 2 rings (SSSR count). The van der Waals surface area contributed by atoms with Gasteiger partial charge in [-0.15, -0.1) is 0 Å². The maximum Gasteiger partial charge on any atom is 0.0805 e. The molecule has 0 radical (unpaired) electrons. The normalized spacial score (nSPS) is 28.4. The summed E-state index contributed by atoms with van der Waals surface area (Å²) in [5.41, 5.74) is 0.221. The number of rotatable bonds is 3. The van der Waals surface area contributed by atoms with E-state index in [9.17, 15) is 0 Å². The summed E-state index contributed by atoms with van der Waals surface area (Å²) >= 11 is 0. The Balaban J connectivity index is 1.88. The molecule has 2 aliphatic rings. The zero-order chi connectivity index (χ0) is 9.15. The first kappa shape index (κ1) is 9.47. The zero-order valence-corrected chi connectivity index (χ0v) is 8.72. The molecule has 0 aromatic heterocycles. The summed E-state index contributed by atoms with van der Waals surface area (Å²) in [4.78, 5) is 2.54. The second-order valence-electron chi connectivity index (χ2n) is 4.58. The minimum Gasteiger partial charge on any atom is -0.377 e. The van der Waals surface area contributed by atoms with Crippen LogP contribution in [0.1, 0.15) is 38.5 Å². The van der Waals surface area contributed by atoms with Gasteiger partial charge in [0.05, 0.1) is 5.60 Å². The summed E-state index contributed by atoms with van der Waals surface area (Å²) in [5.74, 6) is 0. The van der Waals surface area contributed by atoms with Crippen LogP contribution in [0.4, 0.5) is 0 Å². The van der Waals surface area contributed by atoms with Crippen molar-refractivity contribution in [3.8, 4) is 0 Å². The smallest absolute Gasteiger partial charge is 0.0805 e. The standard InChI is InChI=1S/C11H21NO/c1-13-11(6-3-2-4-7-11)10-12-8-5-9-12/h2-10H2,1H3. The van der Waals surface area contributed by atoms with Gasteiger partial charge < -0.3 is 9.64 Å². The quantitative estimate of drug-likeness (QED) is 0.664. The Morgan fingerprint density at radius 2 is 1.77 bits per heavy atom. The van der Waals surface area contributed by atoms with Gasteiger partial charge in [-0.3, -0.25) is 0 Å². The third-order valence-corrected chi connectivity index (χ3v) is 3.66. The Morgan fingerprint density at radius 3 is 2.23 bits per heavy atom. The molecule has 0 unspecified atom stereocenters. The molecule has 0 spiro atoms. The molecule has 0 atom stereocenters. The first-order valence-electron chi connectivity index (χ1n) is 5.62. The van der Waals surface area contributed by atoms with E-state index in [1.54, 1.807) is 0 Å². The summed E-state index contributed by atoms with van der Waals surface area (Å²) < 4.78 is 5.74. The second-order valence-corrected chi connectivity index (χ2v) is 4.58. The van der Waals surface area contributed by atoms with E-state index in [1.807, 2.05) is 7.11 Å². The van der Waals surface area contributed by atoms with Crippen LogP contribution in [0.25, 0.3) is 0 Å². The van der Waals surface area contributed by atoms with Crippen LogP contribution in [0.3, 0.4) is 0 Å². The monoisotopic (exact) mass is 183 g/mol. The van der Waals surface area contributed by atoms with E-state index >= 15 is 0 Å². The molecule has 2 fully saturated rings. The maximum absolute atomic E-state index is 5.74. The van der Waals surface area contributed by atoms with E-state index in [1.165, 1.54) is 58.2 Å². The van der Waals surface area contributed by atoms with Gasteiger partial charge in [0.15, 0.2) is 0 Å². The number of likely N-dealkylation sites (tertiary alicyclic amines) is 1. The summed E-state index contributed by atoms with van der Waals surface area (Å²) in [7, 11) is 1.89. The summed E-state index contributed by atoms with van der Waals surface area (Å²) in [6.07, 6.45) is 8.08. The molecule has 1 aliphatic heterocycles. The largest absolute Gasteiger partial charge is 0.377 e. The van der Waals surface area contributed by atoms with E-state index < -0.39 is 0 Å². The van der Waals surface area contributed by atoms with E-state index in [2.05, 4.69) is 4.90 Å². The first-order valence-corrected chi connectivity index (χ1v) is 5.62. The highest BCUT2D eigenvalue weighted by molar-refractivity contribution is 4.89. The maximum atomic E-state index is 5.74. The van der Waals surface area contributed by atoms with E-state index in [4.69, 9.17) is 4.74 Å². The van der Waals surface area contributed by atoms with Crippen molar-refractivity contribution < 1.29 is 4.74 Å². The molecule has 0 aromatic carbocycles.